The SMILES string of the molecule is CC(=Cc1ccc(C(=O)O)cc1)c1ccc2c(c1)C(C)(C)CCCC2(C)C. The summed E-state index contributed by atoms with van der Waals surface area (Å²) in [6.07, 6.45) is 5.83. The summed E-state index contributed by atoms with van der Waals surface area (Å²) in [4.78, 5) is 11.0. The average Bonchev–Trinajstić information content (AvgIpc) is 2.69. The number of allylic oxidation sites excluding steroid dienone is 1. The molecule has 0 saturated carbocycles. The number of hydrogen-bond donors (Lipinski definition) is 1. The van der Waals surface area contributed by atoms with E-state index in [1.807, 2.05) is 12.1 Å². The summed E-state index contributed by atoms with van der Waals surface area (Å²) in [6.45, 7) is 11.6. The third-order valence-electron chi connectivity index (χ3n) is 6.08. The maximum Gasteiger partial charge on any atom is 0.335 e. The Morgan fingerprint density at radius 3 is 2.04 bits per heavy atom. The molecule has 2 heteroatoms. The summed E-state index contributed by atoms with van der Waals surface area (Å²) in [5, 5.41) is 9.05. The molecule has 142 valence electrons. The molecule has 0 spiro atoms. The second-order valence-corrected chi connectivity index (χ2v) is 9.14. The number of rotatable bonds is 3. The molecule has 0 amide bonds. The minimum Gasteiger partial charge on any atom is -0.478 e. The minimum atomic E-state index is -0.891. The van der Waals surface area contributed by atoms with E-state index in [1.54, 1.807) is 12.1 Å². The second kappa shape index (κ2) is 6.99. The molecule has 0 fully saturated rings. The fourth-order valence-corrected chi connectivity index (χ4v) is 4.24. The van der Waals surface area contributed by atoms with Gasteiger partial charge in [-0.1, -0.05) is 70.5 Å². The van der Waals surface area contributed by atoms with Gasteiger partial charge in [0.15, 0.2) is 0 Å². The largest absolute Gasteiger partial charge is 0.478 e. The van der Waals surface area contributed by atoms with Crippen LogP contribution >= 0.6 is 0 Å². The molecule has 27 heavy (non-hydrogen) atoms. The quantitative estimate of drug-likeness (QED) is 0.488. The zero-order valence-electron chi connectivity index (χ0n) is 17.1. The molecule has 0 bridgehead atoms. The summed E-state index contributed by atoms with van der Waals surface area (Å²) in [5.74, 6) is -0.891. The molecule has 3 rings (SSSR count). The normalized spacial score (nSPS) is 18.5. The summed E-state index contributed by atoms with van der Waals surface area (Å²) < 4.78 is 0. The molecular formula is C25H30O2. The third-order valence-corrected chi connectivity index (χ3v) is 6.08. The van der Waals surface area contributed by atoms with Gasteiger partial charge in [0, 0.05) is 0 Å². The van der Waals surface area contributed by atoms with Crippen LogP contribution in [-0.2, 0) is 10.8 Å². The first kappa shape index (κ1) is 19.4. The van der Waals surface area contributed by atoms with E-state index in [9.17, 15) is 4.79 Å². The molecule has 2 aromatic rings. The number of carboxylic acids is 1. The lowest BCUT2D eigenvalue weighted by Gasteiger charge is -2.30. The van der Waals surface area contributed by atoms with Gasteiger partial charge >= 0.3 is 5.97 Å². The molecule has 1 aliphatic rings. The Morgan fingerprint density at radius 1 is 0.889 bits per heavy atom. The van der Waals surface area contributed by atoms with Gasteiger partial charge in [0.2, 0.25) is 0 Å². The van der Waals surface area contributed by atoms with Crippen LogP contribution in [0.1, 0.15) is 86.5 Å². The Hall–Kier alpha value is -2.35. The van der Waals surface area contributed by atoms with Crippen LogP contribution in [0, 0.1) is 0 Å². The lowest BCUT2D eigenvalue weighted by molar-refractivity contribution is 0.0697. The van der Waals surface area contributed by atoms with Crippen molar-refractivity contribution in [3.8, 4) is 0 Å². The van der Waals surface area contributed by atoms with E-state index < -0.39 is 5.97 Å². The highest BCUT2D eigenvalue weighted by Gasteiger charge is 2.34. The van der Waals surface area contributed by atoms with Crippen LogP contribution in [0.25, 0.3) is 11.6 Å². The summed E-state index contributed by atoms with van der Waals surface area (Å²) in [6, 6.07) is 14.0. The fourth-order valence-electron chi connectivity index (χ4n) is 4.24. The zero-order chi connectivity index (χ0) is 19.8. The van der Waals surface area contributed by atoms with Crippen LogP contribution < -0.4 is 0 Å². The van der Waals surface area contributed by atoms with Gasteiger partial charge in [-0.3, -0.25) is 0 Å². The monoisotopic (exact) mass is 362 g/mol. The number of aromatic carboxylic acids is 1. The van der Waals surface area contributed by atoms with Crippen molar-refractivity contribution in [2.75, 3.05) is 0 Å². The maximum atomic E-state index is 11.0. The van der Waals surface area contributed by atoms with E-state index in [4.69, 9.17) is 5.11 Å². The van der Waals surface area contributed by atoms with E-state index in [1.165, 1.54) is 41.5 Å². The van der Waals surface area contributed by atoms with Gasteiger partial charge in [0.05, 0.1) is 5.56 Å². The number of hydrogen-bond acceptors (Lipinski definition) is 1. The summed E-state index contributed by atoms with van der Waals surface area (Å²) >= 11 is 0. The molecule has 0 unspecified atom stereocenters. The van der Waals surface area contributed by atoms with Crippen molar-refractivity contribution in [1.82, 2.24) is 0 Å². The average molecular weight is 363 g/mol. The van der Waals surface area contributed by atoms with E-state index in [2.05, 4.69) is 58.9 Å². The van der Waals surface area contributed by atoms with E-state index in [0.29, 0.717) is 5.56 Å². The summed E-state index contributed by atoms with van der Waals surface area (Å²) in [5.41, 5.74) is 7.12. The van der Waals surface area contributed by atoms with Crippen LogP contribution in [-0.4, -0.2) is 11.1 Å². The lowest BCUT2D eigenvalue weighted by Crippen LogP contribution is -2.22. The zero-order valence-corrected chi connectivity index (χ0v) is 17.1. The molecule has 0 saturated heterocycles. The Labute approximate surface area is 162 Å². The van der Waals surface area contributed by atoms with Gasteiger partial charge in [-0.25, -0.2) is 4.79 Å². The van der Waals surface area contributed by atoms with E-state index >= 15 is 0 Å². The van der Waals surface area contributed by atoms with Crippen molar-refractivity contribution in [3.05, 3.63) is 70.3 Å². The topological polar surface area (TPSA) is 37.3 Å². The van der Waals surface area contributed by atoms with Gasteiger partial charge in [-0.15, -0.1) is 0 Å². The lowest BCUT2D eigenvalue weighted by atomic mass is 9.74. The van der Waals surface area contributed by atoms with Gasteiger partial charge < -0.3 is 5.11 Å². The van der Waals surface area contributed by atoms with Gasteiger partial charge in [0.1, 0.15) is 0 Å². The highest BCUT2D eigenvalue weighted by Crippen LogP contribution is 2.44. The van der Waals surface area contributed by atoms with Crippen LogP contribution in [0.3, 0.4) is 0 Å². The van der Waals surface area contributed by atoms with Crippen molar-refractivity contribution in [3.63, 3.8) is 0 Å². The van der Waals surface area contributed by atoms with Crippen LogP contribution in [0.5, 0.6) is 0 Å². The van der Waals surface area contributed by atoms with Crippen LogP contribution in [0.4, 0.5) is 0 Å². The van der Waals surface area contributed by atoms with Gasteiger partial charge in [-0.2, -0.15) is 0 Å². The van der Waals surface area contributed by atoms with Gasteiger partial charge in [0.25, 0.3) is 0 Å². The number of fused-ring (bicyclic) bond motifs is 1. The Balaban J connectivity index is 2.00. The first-order valence-electron chi connectivity index (χ1n) is 9.77. The predicted octanol–water partition coefficient (Wildman–Crippen LogP) is 6.68. The second-order valence-electron chi connectivity index (χ2n) is 9.14. The molecule has 0 heterocycles. The Bertz CT molecular complexity index is 883. The first-order chi connectivity index (χ1) is 12.6. The van der Waals surface area contributed by atoms with Gasteiger partial charge in [-0.05, 0) is 70.6 Å². The Morgan fingerprint density at radius 2 is 1.44 bits per heavy atom. The number of carbonyl (C=O) groups is 1. The molecule has 1 N–H and O–H groups in total. The van der Waals surface area contributed by atoms with Crippen LogP contribution in [0.2, 0.25) is 0 Å². The number of carboxylic acid groups (broad SMARTS) is 1. The minimum absolute atomic E-state index is 0.183. The Kier molecular flexibility index (Phi) is 5.03. The maximum absolute atomic E-state index is 11.0. The van der Waals surface area contributed by atoms with Crippen molar-refractivity contribution in [1.29, 1.82) is 0 Å². The number of benzene rings is 2. The van der Waals surface area contributed by atoms with Crippen LogP contribution in [0.15, 0.2) is 42.5 Å². The fraction of sp³-hybridized carbons (Fsp3) is 0.400. The summed E-state index contributed by atoms with van der Waals surface area (Å²) in [7, 11) is 0. The standard InChI is InChI=1S/C25H30O2/c1-17(15-18-7-9-19(10-8-18)23(26)27)20-11-12-21-22(16-20)25(4,5)14-6-13-24(21,2)3/h7-12,15-16H,6,13-14H2,1-5H3,(H,26,27). The highest BCUT2D eigenvalue weighted by molar-refractivity contribution is 5.88. The van der Waals surface area contributed by atoms with Crippen molar-refractivity contribution >= 4 is 17.6 Å². The van der Waals surface area contributed by atoms with Crippen molar-refractivity contribution < 1.29 is 9.90 Å². The molecule has 0 aliphatic heterocycles. The molecular weight excluding hydrogens is 332 g/mol. The highest BCUT2D eigenvalue weighted by atomic mass is 16.4. The van der Waals surface area contributed by atoms with Crippen molar-refractivity contribution in [2.45, 2.75) is 64.7 Å². The first-order valence-corrected chi connectivity index (χ1v) is 9.77. The predicted molar refractivity (Wildman–Crippen MR) is 113 cm³/mol. The third kappa shape index (κ3) is 4.00. The molecule has 1 aliphatic carbocycles. The molecule has 0 radical (unpaired) electrons. The molecule has 2 aromatic carbocycles. The van der Waals surface area contributed by atoms with E-state index in [0.717, 1.165) is 5.56 Å². The molecule has 0 aromatic heterocycles. The van der Waals surface area contributed by atoms with E-state index in [-0.39, 0.29) is 10.8 Å². The van der Waals surface area contributed by atoms with Crippen molar-refractivity contribution in [2.24, 2.45) is 0 Å². The smallest absolute Gasteiger partial charge is 0.335 e. The molecule has 0 atom stereocenters. The molecule has 2 nitrogen and oxygen atoms in total.